The highest BCUT2D eigenvalue weighted by atomic mass is 19.4. The molecule has 150 valence electrons. The van der Waals surface area contributed by atoms with E-state index < -0.39 is 29.2 Å². The lowest BCUT2D eigenvalue weighted by Gasteiger charge is -2.12. The number of aryl methyl sites for hydroxylation is 1. The third-order valence-corrected chi connectivity index (χ3v) is 3.92. The second kappa shape index (κ2) is 7.78. The molecule has 3 aromatic rings. The summed E-state index contributed by atoms with van der Waals surface area (Å²) in [6.45, 7) is 1.74. The minimum absolute atomic E-state index is 0.0856. The fourth-order valence-corrected chi connectivity index (χ4v) is 2.51. The molecule has 5 nitrogen and oxygen atoms in total. The van der Waals surface area contributed by atoms with Gasteiger partial charge in [0.2, 0.25) is 0 Å². The molecule has 0 aliphatic carbocycles. The number of anilines is 2. The standard InChI is InChI=1S/C20H15F4N3O2/c1-11-5-10-14(18(25)26-11)19(28)27-12-6-8-13(9-7-12)29-16-4-2-3-15(17(16)21)20(22,23)24/h2-10H,1H3,(H2,25,26)(H,27,28). The molecule has 3 N–H and O–H groups in total. The van der Waals surface area contributed by atoms with Crippen molar-refractivity contribution in [2.24, 2.45) is 0 Å². The number of nitrogen functional groups attached to an aromatic ring is 1. The average Bonchev–Trinajstić information content (AvgIpc) is 2.64. The van der Waals surface area contributed by atoms with Crippen LogP contribution in [0.2, 0.25) is 0 Å². The van der Waals surface area contributed by atoms with E-state index in [1.807, 2.05) is 0 Å². The molecule has 0 aliphatic rings. The second-order valence-electron chi connectivity index (χ2n) is 6.08. The molecule has 3 rings (SSSR count). The van der Waals surface area contributed by atoms with Crippen LogP contribution in [0.15, 0.2) is 54.6 Å². The van der Waals surface area contributed by atoms with Gasteiger partial charge in [-0.3, -0.25) is 4.79 Å². The maximum atomic E-state index is 14.0. The van der Waals surface area contributed by atoms with Gasteiger partial charge in [0.1, 0.15) is 11.6 Å². The number of benzene rings is 2. The van der Waals surface area contributed by atoms with Crippen molar-refractivity contribution in [3.63, 3.8) is 0 Å². The third-order valence-electron chi connectivity index (χ3n) is 3.92. The minimum Gasteiger partial charge on any atom is -0.454 e. The zero-order chi connectivity index (χ0) is 21.2. The Bertz CT molecular complexity index is 1050. The predicted molar refractivity (Wildman–Crippen MR) is 99.3 cm³/mol. The van der Waals surface area contributed by atoms with Gasteiger partial charge in [-0.2, -0.15) is 13.2 Å². The summed E-state index contributed by atoms with van der Waals surface area (Å²) in [7, 11) is 0. The molecule has 29 heavy (non-hydrogen) atoms. The second-order valence-corrected chi connectivity index (χ2v) is 6.08. The molecule has 0 unspecified atom stereocenters. The number of pyridine rings is 1. The zero-order valence-electron chi connectivity index (χ0n) is 15.0. The van der Waals surface area contributed by atoms with Crippen LogP contribution in [-0.4, -0.2) is 10.9 Å². The van der Waals surface area contributed by atoms with Crippen molar-refractivity contribution in [2.45, 2.75) is 13.1 Å². The van der Waals surface area contributed by atoms with Crippen LogP contribution in [0.25, 0.3) is 0 Å². The summed E-state index contributed by atoms with van der Waals surface area (Å²) < 4.78 is 57.6. The number of nitrogens with zero attached hydrogens (tertiary/aromatic N) is 1. The number of carbonyl (C=O) groups excluding carboxylic acids is 1. The Morgan fingerprint density at radius 2 is 1.76 bits per heavy atom. The zero-order valence-corrected chi connectivity index (χ0v) is 15.0. The van der Waals surface area contributed by atoms with Crippen LogP contribution in [0.5, 0.6) is 11.5 Å². The van der Waals surface area contributed by atoms with Crippen LogP contribution in [0, 0.1) is 12.7 Å². The van der Waals surface area contributed by atoms with Crippen LogP contribution in [0.4, 0.5) is 29.1 Å². The van der Waals surface area contributed by atoms with E-state index in [9.17, 15) is 22.4 Å². The number of carbonyl (C=O) groups is 1. The van der Waals surface area contributed by atoms with E-state index in [1.165, 1.54) is 24.3 Å². The van der Waals surface area contributed by atoms with Crippen LogP contribution in [0.1, 0.15) is 21.6 Å². The Kier molecular flexibility index (Phi) is 5.40. The van der Waals surface area contributed by atoms with E-state index in [1.54, 1.807) is 19.1 Å². The molecule has 0 atom stereocenters. The Hall–Kier alpha value is -3.62. The minimum atomic E-state index is -4.83. The smallest absolute Gasteiger partial charge is 0.419 e. The van der Waals surface area contributed by atoms with Gasteiger partial charge in [-0.1, -0.05) is 6.07 Å². The first-order chi connectivity index (χ1) is 13.6. The largest absolute Gasteiger partial charge is 0.454 e. The maximum absolute atomic E-state index is 14.0. The number of hydrogen-bond donors (Lipinski definition) is 2. The van der Waals surface area contributed by atoms with Gasteiger partial charge in [0.05, 0.1) is 11.1 Å². The van der Waals surface area contributed by atoms with Gasteiger partial charge >= 0.3 is 6.18 Å². The van der Waals surface area contributed by atoms with Gasteiger partial charge in [-0.25, -0.2) is 9.37 Å². The van der Waals surface area contributed by atoms with E-state index >= 15 is 0 Å². The van der Waals surface area contributed by atoms with Crippen LogP contribution in [-0.2, 0) is 6.18 Å². The molecule has 1 aromatic heterocycles. The molecule has 0 saturated heterocycles. The molecule has 0 fully saturated rings. The van der Waals surface area contributed by atoms with E-state index in [2.05, 4.69) is 10.3 Å². The molecule has 1 heterocycles. The van der Waals surface area contributed by atoms with Crippen molar-refractivity contribution in [1.82, 2.24) is 4.98 Å². The van der Waals surface area contributed by atoms with Crippen molar-refractivity contribution in [3.8, 4) is 11.5 Å². The maximum Gasteiger partial charge on any atom is 0.419 e. The summed E-state index contributed by atoms with van der Waals surface area (Å²) in [6, 6.07) is 11.6. The average molecular weight is 405 g/mol. The number of alkyl halides is 3. The molecule has 0 aliphatic heterocycles. The molecule has 0 saturated carbocycles. The molecule has 0 bridgehead atoms. The Morgan fingerprint density at radius 1 is 1.07 bits per heavy atom. The van der Waals surface area contributed by atoms with Crippen LogP contribution >= 0.6 is 0 Å². The highest BCUT2D eigenvalue weighted by Gasteiger charge is 2.35. The van der Waals surface area contributed by atoms with Crippen molar-refractivity contribution < 1.29 is 27.1 Å². The fourth-order valence-electron chi connectivity index (χ4n) is 2.51. The molecular weight excluding hydrogens is 390 g/mol. The first-order valence-electron chi connectivity index (χ1n) is 8.33. The van der Waals surface area contributed by atoms with Crippen LogP contribution < -0.4 is 15.8 Å². The highest BCUT2D eigenvalue weighted by molar-refractivity contribution is 6.07. The normalized spacial score (nSPS) is 11.2. The summed E-state index contributed by atoms with van der Waals surface area (Å²) >= 11 is 0. The Morgan fingerprint density at radius 3 is 2.38 bits per heavy atom. The number of rotatable bonds is 4. The number of aromatic nitrogens is 1. The van der Waals surface area contributed by atoms with E-state index in [0.29, 0.717) is 17.4 Å². The third kappa shape index (κ3) is 4.63. The van der Waals surface area contributed by atoms with E-state index in [4.69, 9.17) is 10.5 Å². The van der Waals surface area contributed by atoms with Gasteiger partial charge in [-0.05, 0) is 55.5 Å². The quantitative estimate of drug-likeness (QED) is 0.587. The summed E-state index contributed by atoms with van der Waals surface area (Å²) in [6.07, 6.45) is -4.83. The SMILES string of the molecule is Cc1ccc(C(=O)Nc2ccc(Oc3cccc(C(F)(F)F)c3F)cc2)c(N)n1. The van der Waals surface area contributed by atoms with Crippen molar-refractivity contribution >= 4 is 17.4 Å². The van der Waals surface area contributed by atoms with Gasteiger partial charge < -0.3 is 15.8 Å². The van der Waals surface area contributed by atoms with Crippen molar-refractivity contribution in [3.05, 3.63) is 77.2 Å². The molecule has 1 amide bonds. The van der Waals surface area contributed by atoms with E-state index in [-0.39, 0.29) is 17.1 Å². The van der Waals surface area contributed by atoms with Crippen molar-refractivity contribution in [1.29, 1.82) is 0 Å². The molecular formula is C20H15F4N3O2. The topological polar surface area (TPSA) is 77.2 Å². The number of hydrogen-bond acceptors (Lipinski definition) is 4. The van der Waals surface area contributed by atoms with Crippen molar-refractivity contribution in [2.75, 3.05) is 11.1 Å². The predicted octanol–water partition coefficient (Wildman–Crippen LogP) is 5.17. The first-order valence-corrected chi connectivity index (χ1v) is 8.33. The Balaban J connectivity index is 1.73. The highest BCUT2D eigenvalue weighted by Crippen LogP contribution is 2.36. The van der Waals surface area contributed by atoms with Gasteiger partial charge in [0, 0.05) is 11.4 Å². The lowest BCUT2D eigenvalue weighted by molar-refractivity contribution is -0.140. The van der Waals surface area contributed by atoms with E-state index in [0.717, 1.165) is 12.1 Å². The number of nitrogens with one attached hydrogen (secondary N) is 1. The summed E-state index contributed by atoms with van der Waals surface area (Å²) in [4.78, 5) is 16.3. The fraction of sp³-hybridized carbons (Fsp3) is 0.100. The molecule has 2 aromatic carbocycles. The van der Waals surface area contributed by atoms with Gasteiger partial charge in [0.15, 0.2) is 11.6 Å². The molecule has 9 heteroatoms. The summed E-state index contributed by atoms with van der Waals surface area (Å²) in [5, 5.41) is 2.61. The summed E-state index contributed by atoms with van der Waals surface area (Å²) in [5.74, 6) is -2.36. The number of amides is 1. The molecule has 0 radical (unpaired) electrons. The summed E-state index contributed by atoms with van der Waals surface area (Å²) in [5.41, 5.74) is 5.57. The Labute approximate surface area is 163 Å². The number of ether oxygens (including phenoxy) is 1. The number of nitrogens with two attached hydrogens (primary N) is 1. The molecule has 0 spiro atoms. The van der Waals surface area contributed by atoms with Gasteiger partial charge in [-0.15, -0.1) is 0 Å². The lowest BCUT2D eigenvalue weighted by atomic mass is 10.2. The monoisotopic (exact) mass is 405 g/mol. The van der Waals surface area contributed by atoms with Gasteiger partial charge in [0.25, 0.3) is 5.91 Å². The van der Waals surface area contributed by atoms with Crippen LogP contribution in [0.3, 0.4) is 0 Å². The number of halogens is 4. The first kappa shape index (κ1) is 20.1. The lowest BCUT2D eigenvalue weighted by Crippen LogP contribution is -2.15.